The molecule has 8 heteroatoms. The van der Waals surface area contributed by atoms with Crippen LogP contribution >= 0.6 is 0 Å². The number of piperidine rings is 1. The van der Waals surface area contributed by atoms with Crippen molar-refractivity contribution in [1.82, 2.24) is 14.3 Å². The van der Waals surface area contributed by atoms with Gasteiger partial charge in [0, 0.05) is 37.3 Å². The van der Waals surface area contributed by atoms with Crippen LogP contribution < -0.4 is 5.32 Å². The summed E-state index contributed by atoms with van der Waals surface area (Å²) >= 11 is 0. The molecule has 1 saturated heterocycles. The van der Waals surface area contributed by atoms with Gasteiger partial charge in [-0.05, 0) is 54.7 Å². The highest BCUT2D eigenvalue weighted by atomic mass is 32.2. The Morgan fingerprint density at radius 3 is 2.48 bits per heavy atom. The van der Waals surface area contributed by atoms with Crippen LogP contribution in [0.4, 0.5) is 10.3 Å². The number of aromatic nitrogens is 2. The molecule has 1 aromatic heterocycles. The Hall–Kier alpha value is -2.84. The summed E-state index contributed by atoms with van der Waals surface area (Å²) < 4.78 is 40.9. The zero-order valence-corrected chi connectivity index (χ0v) is 18.0. The molecule has 5 rings (SSSR count). The molecular weight excluding hydrogens is 415 g/mol. The molecule has 0 bridgehead atoms. The van der Waals surface area contributed by atoms with Gasteiger partial charge in [-0.3, -0.25) is 0 Å². The number of anilines is 1. The predicted molar refractivity (Wildman–Crippen MR) is 117 cm³/mol. The Balaban J connectivity index is 1.47. The van der Waals surface area contributed by atoms with Crippen molar-refractivity contribution in [3.63, 3.8) is 0 Å². The average molecular weight is 439 g/mol. The summed E-state index contributed by atoms with van der Waals surface area (Å²) in [6.45, 7) is 0.831. The maximum absolute atomic E-state index is 13.2. The zero-order valence-electron chi connectivity index (χ0n) is 17.2. The fraction of sp³-hybridized carbons (Fsp3) is 0.304. The third-order valence-electron chi connectivity index (χ3n) is 6.50. The first-order chi connectivity index (χ1) is 14.9. The molecule has 2 heterocycles. The molecule has 1 aliphatic heterocycles. The highest BCUT2D eigenvalue weighted by molar-refractivity contribution is 7.89. The van der Waals surface area contributed by atoms with Crippen molar-refractivity contribution >= 4 is 16.0 Å². The van der Waals surface area contributed by atoms with Gasteiger partial charge in [0.1, 0.15) is 5.82 Å². The molecule has 1 fully saturated rings. The molecule has 0 unspecified atom stereocenters. The first-order valence-electron chi connectivity index (χ1n) is 10.3. The molecule has 2 aromatic carbocycles. The van der Waals surface area contributed by atoms with Gasteiger partial charge >= 0.3 is 0 Å². The second kappa shape index (κ2) is 7.39. The monoisotopic (exact) mass is 438 g/mol. The van der Waals surface area contributed by atoms with E-state index in [0.717, 1.165) is 23.2 Å². The van der Waals surface area contributed by atoms with Crippen molar-refractivity contribution in [2.75, 3.05) is 25.5 Å². The smallest absolute Gasteiger partial charge is 0.243 e. The van der Waals surface area contributed by atoms with Crippen molar-refractivity contribution in [3.05, 3.63) is 71.7 Å². The second-order valence-corrected chi connectivity index (χ2v) is 10.1. The van der Waals surface area contributed by atoms with E-state index in [0.29, 0.717) is 31.9 Å². The lowest BCUT2D eigenvalue weighted by atomic mass is 9.64. The van der Waals surface area contributed by atoms with Crippen LogP contribution in [-0.4, -0.2) is 42.8 Å². The van der Waals surface area contributed by atoms with E-state index in [9.17, 15) is 12.8 Å². The summed E-state index contributed by atoms with van der Waals surface area (Å²) in [6.07, 6.45) is 4.08. The van der Waals surface area contributed by atoms with Gasteiger partial charge in [-0.25, -0.2) is 22.8 Å². The highest BCUT2D eigenvalue weighted by Gasteiger charge is 2.44. The topological polar surface area (TPSA) is 75.2 Å². The van der Waals surface area contributed by atoms with Gasteiger partial charge in [-0.2, -0.15) is 4.31 Å². The lowest BCUT2D eigenvalue weighted by Gasteiger charge is -2.45. The van der Waals surface area contributed by atoms with E-state index in [-0.39, 0.29) is 10.3 Å². The van der Waals surface area contributed by atoms with Gasteiger partial charge in [0.15, 0.2) is 0 Å². The zero-order chi connectivity index (χ0) is 21.6. The lowest BCUT2D eigenvalue weighted by Crippen LogP contribution is -2.47. The third-order valence-corrected chi connectivity index (χ3v) is 8.41. The van der Waals surface area contributed by atoms with Gasteiger partial charge in [0.25, 0.3) is 0 Å². The summed E-state index contributed by atoms with van der Waals surface area (Å²) in [5.41, 5.74) is 4.21. The molecule has 1 spiro atoms. The fourth-order valence-electron chi connectivity index (χ4n) is 4.86. The Labute approximate surface area is 181 Å². The molecule has 1 aliphatic carbocycles. The number of hydrogen-bond donors (Lipinski definition) is 1. The van der Waals surface area contributed by atoms with Crippen molar-refractivity contribution in [1.29, 1.82) is 0 Å². The van der Waals surface area contributed by atoms with Gasteiger partial charge in [0.05, 0.1) is 10.6 Å². The van der Waals surface area contributed by atoms with E-state index in [1.807, 2.05) is 18.3 Å². The number of sulfonamides is 1. The van der Waals surface area contributed by atoms with E-state index < -0.39 is 15.8 Å². The minimum atomic E-state index is -3.65. The fourth-order valence-corrected chi connectivity index (χ4v) is 6.30. The SMILES string of the molecule is CNc1ncc2c(n1)-c1ccccc1C1(CCN(S(=O)(=O)c3ccc(F)cc3)CC1)C2. The number of nitrogens with zero attached hydrogens (tertiary/aromatic N) is 3. The molecular formula is C23H23FN4O2S. The second-order valence-electron chi connectivity index (χ2n) is 8.18. The quantitative estimate of drug-likeness (QED) is 0.676. The van der Waals surface area contributed by atoms with Crippen LogP contribution in [0.15, 0.2) is 59.6 Å². The van der Waals surface area contributed by atoms with Crippen LogP contribution in [0.3, 0.4) is 0 Å². The molecule has 31 heavy (non-hydrogen) atoms. The molecule has 3 aromatic rings. The number of fused-ring (bicyclic) bond motifs is 4. The number of hydrogen-bond acceptors (Lipinski definition) is 5. The van der Waals surface area contributed by atoms with Crippen LogP contribution in [0.25, 0.3) is 11.3 Å². The average Bonchev–Trinajstić information content (AvgIpc) is 2.80. The predicted octanol–water partition coefficient (Wildman–Crippen LogP) is 3.60. The Bertz CT molecular complexity index is 1240. The largest absolute Gasteiger partial charge is 0.357 e. The highest BCUT2D eigenvalue weighted by Crippen LogP contribution is 2.48. The minimum Gasteiger partial charge on any atom is -0.357 e. The van der Waals surface area contributed by atoms with E-state index in [4.69, 9.17) is 4.98 Å². The Morgan fingerprint density at radius 2 is 1.77 bits per heavy atom. The number of rotatable bonds is 3. The van der Waals surface area contributed by atoms with Crippen LogP contribution in [-0.2, 0) is 21.9 Å². The molecule has 6 nitrogen and oxygen atoms in total. The number of nitrogens with one attached hydrogen (secondary N) is 1. The Kier molecular flexibility index (Phi) is 4.79. The molecule has 160 valence electrons. The van der Waals surface area contributed by atoms with Gasteiger partial charge in [-0.1, -0.05) is 24.3 Å². The minimum absolute atomic E-state index is 0.132. The summed E-state index contributed by atoms with van der Waals surface area (Å²) in [7, 11) is -1.85. The van der Waals surface area contributed by atoms with E-state index in [1.54, 1.807) is 7.05 Å². The first-order valence-corrected chi connectivity index (χ1v) is 11.8. The standard InChI is InChI=1S/C23H23FN4O2S/c1-25-22-26-15-16-14-23(20-5-3-2-4-19(20)21(16)27-22)10-12-28(13-11-23)31(29,30)18-8-6-17(24)7-9-18/h2-9,15H,10-14H2,1H3,(H,25,26,27). The van der Waals surface area contributed by atoms with Crippen molar-refractivity contribution < 1.29 is 12.8 Å². The maximum atomic E-state index is 13.2. The van der Waals surface area contributed by atoms with Gasteiger partial charge in [-0.15, -0.1) is 0 Å². The number of halogens is 1. The lowest BCUT2D eigenvalue weighted by molar-refractivity contribution is 0.229. The van der Waals surface area contributed by atoms with Gasteiger partial charge in [0.2, 0.25) is 16.0 Å². The first kappa shape index (κ1) is 20.1. The van der Waals surface area contributed by atoms with Crippen molar-refractivity contribution in [3.8, 4) is 11.3 Å². The molecule has 0 amide bonds. The maximum Gasteiger partial charge on any atom is 0.243 e. The molecule has 0 saturated carbocycles. The number of benzene rings is 2. The molecule has 2 aliphatic rings. The summed E-state index contributed by atoms with van der Waals surface area (Å²) in [5, 5.41) is 3.00. The summed E-state index contributed by atoms with van der Waals surface area (Å²) in [6, 6.07) is 13.3. The van der Waals surface area contributed by atoms with Crippen LogP contribution in [0.1, 0.15) is 24.0 Å². The molecule has 1 N–H and O–H groups in total. The summed E-state index contributed by atoms with van der Waals surface area (Å²) in [5.74, 6) is 0.141. The molecule has 0 radical (unpaired) electrons. The third kappa shape index (κ3) is 3.30. The van der Waals surface area contributed by atoms with E-state index in [1.165, 1.54) is 34.1 Å². The van der Waals surface area contributed by atoms with Crippen molar-refractivity contribution in [2.45, 2.75) is 29.6 Å². The normalized spacial score (nSPS) is 17.7. The van der Waals surface area contributed by atoms with Gasteiger partial charge < -0.3 is 5.32 Å². The van der Waals surface area contributed by atoms with Crippen LogP contribution in [0, 0.1) is 5.82 Å². The van der Waals surface area contributed by atoms with E-state index >= 15 is 0 Å². The van der Waals surface area contributed by atoms with Crippen LogP contribution in [0.5, 0.6) is 0 Å². The Morgan fingerprint density at radius 1 is 1.06 bits per heavy atom. The summed E-state index contributed by atoms with van der Waals surface area (Å²) in [4.78, 5) is 9.23. The van der Waals surface area contributed by atoms with E-state index in [2.05, 4.69) is 22.4 Å². The van der Waals surface area contributed by atoms with Crippen LogP contribution in [0.2, 0.25) is 0 Å². The van der Waals surface area contributed by atoms with Crippen molar-refractivity contribution in [2.24, 2.45) is 0 Å². The molecule has 0 atom stereocenters.